The number of benzene rings is 1. The van der Waals surface area contributed by atoms with Gasteiger partial charge >= 0.3 is 6.61 Å². The predicted octanol–water partition coefficient (Wildman–Crippen LogP) is 2.63. The van der Waals surface area contributed by atoms with Crippen LogP contribution in [0.2, 0.25) is 0 Å². The lowest BCUT2D eigenvalue weighted by molar-refractivity contribution is -0.0499. The predicted molar refractivity (Wildman–Crippen MR) is 94.8 cm³/mol. The van der Waals surface area contributed by atoms with Gasteiger partial charge in [0.2, 0.25) is 0 Å². The second-order valence-corrected chi connectivity index (χ2v) is 7.13. The van der Waals surface area contributed by atoms with Gasteiger partial charge in [-0.3, -0.25) is 9.69 Å². The van der Waals surface area contributed by atoms with Crippen LogP contribution in [0.1, 0.15) is 34.6 Å². The van der Waals surface area contributed by atoms with Crippen LogP contribution in [-0.2, 0) is 12.0 Å². The number of alkyl halides is 2. The number of likely N-dealkylation sites (N-methyl/N-ethyl adjacent to an activating group) is 1. The Morgan fingerprint density at radius 3 is 2.81 bits per heavy atom. The monoisotopic (exact) mass is 376 g/mol. The first kappa shape index (κ1) is 17.9. The molecule has 3 heterocycles. The minimum absolute atomic E-state index is 0.00231. The molecule has 144 valence electrons. The maximum absolute atomic E-state index is 12.8. The molecule has 27 heavy (non-hydrogen) atoms. The van der Waals surface area contributed by atoms with E-state index in [4.69, 9.17) is 0 Å². The van der Waals surface area contributed by atoms with E-state index in [1.54, 1.807) is 23.4 Å². The molecule has 1 N–H and O–H groups in total. The number of rotatable bonds is 3. The number of amides is 1. The van der Waals surface area contributed by atoms with Crippen molar-refractivity contribution >= 4 is 5.91 Å². The summed E-state index contributed by atoms with van der Waals surface area (Å²) in [6.45, 7) is -0.767. The van der Waals surface area contributed by atoms with Gasteiger partial charge in [-0.25, -0.2) is 4.98 Å². The molecule has 8 heteroatoms. The van der Waals surface area contributed by atoms with Crippen LogP contribution in [0.3, 0.4) is 0 Å². The molecule has 2 aliphatic rings. The number of halogens is 2. The molecule has 1 amide bonds. The van der Waals surface area contributed by atoms with Gasteiger partial charge < -0.3 is 14.6 Å². The van der Waals surface area contributed by atoms with Crippen LogP contribution in [0.25, 0.3) is 0 Å². The molecule has 6 nitrogen and oxygen atoms in total. The topological polar surface area (TPSA) is 61.5 Å². The van der Waals surface area contributed by atoms with Crippen LogP contribution >= 0.6 is 0 Å². The summed E-state index contributed by atoms with van der Waals surface area (Å²) in [4.78, 5) is 24.8. The molecule has 2 aliphatic heterocycles. The molecule has 1 spiro atoms. The average molecular weight is 376 g/mol. The largest absolute Gasteiger partial charge is 0.435 e. The molecular weight excluding hydrogens is 354 g/mol. The highest BCUT2D eigenvalue weighted by Crippen LogP contribution is 2.41. The number of fused-ring (bicyclic) bond motifs is 2. The van der Waals surface area contributed by atoms with Crippen molar-refractivity contribution in [3.8, 4) is 5.75 Å². The highest BCUT2D eigenvalue weighted by atomic mass is 19.3. The van der Waals surface area contributed by atoms with Crippen molar-refractivity contribution in [3.05, 3.63) is 47.5 Å². The van der Waals surface area contributed by atoms with E-state index >= 15 is 0 Å². The van der Waals surface area contributed by atoms with Crippen LogP contribution in [0, 0.1) is 0 Å². The van der Waals surface area contributed by atoms with E-state index < -0.39 is 6.61 Å². The van der Waals surface area contributed by atoms with Crippen molar-refractivity contribution in [2.75, 3.05) is 26.7 Å². The lowest BCUT2D eigenvalue weighted by Crippen LogP contribution is -2.55. The minimum Gasteiger partial charge on any atom is -0.435 e. The Balaban J connectivity index is 1.49. The van der Waals surface area contributed by atoms with Crippen LogP contribution in [0.4, 0.5) is 8.78 Å². The SMILES string of the molecule is CN1CCc2[nH]cnc2C12CCN(C(=O)c1cccc(OC(F)F)c1)CC2. The number of hydrogen-bond acceptors (Lipinski definition) is 4. The van der Waals surface area contributed by atoms with Gasteiger partial charge in [0.15, 0.2) is 0 Å². The number of nitrogens with one attached hydrogen (secondary N) is 1. The number of likely N-dealkylation sites (tertiary alicyclic amines) is 1. The van der Waals surface area contributed by atoms with Crippen LogP contribution in [0.15, 0.2) is 30.6 Å². The number of ether oxygens (including phenoxy) is 1. The first-order chi connectivity index (χ1) is 13.0. The molecule has 2 aromatic rings. The maximum atomic E-state index is 12.8. The zero-order valence-corrected chi connectivity index (χ0v) is 15.1. The van der Waals surface area contributed by atoms with Crippen molar-refractivity contribution in [1.29, 1.82) is 0 Å². The molecule has 0 unspecified atom stereocenters. The van der Waals surface area contributed by atoms with Crippen molar-refractivity contribution in [3.63, 3.8) is 0 Å². The van der Waals surface area contributed by atoms with E-state index in [9.17, 15) is 13.6 Å². The Labute approximate surface area is 156 Å². The van der Waals surface area contributed by atoms with Gasteiger partial charge in [-0.1, -0.05) is 6.07 Å². The molecule has 1 aromatic heterocycles. The Bertz CT molecular complexity index is 831. The van der Waals surface area contributed by atoms with E-state index in [2.05, 4.69) is 26.7 Å². The normalized spacial score (nSPS) is 19.3. The Morgan fingerprint density at radius 2 is 2.07 bits per heavy atom. The van der Waals surface area contributed by atoms with E-state index in [-0.39, 0.29) is 17.2 Å². The Morgan fingerprint density at radius 1 is 1.30 bits per heavy atom. The summed E-state index contributed by atoms with van der Waals surface area (Å²) in [5.74, 6) is -0.164. The zero-order valence-electron chi connectivity index (χ0n) is 15.1. The highest BCUT2D eigenvalue weighted by molar-refractivity contribution is 5.94. The van der Waals surface area contributed by atoms with Crippen molar-refractivity contribution in [2.45, 2.75) is 31.4 Å². The molecule has 0 radical (unpaired) electrons. The molecule has 4 rings (SSSR count). The summed E-state index contributed by atoms with van der Waals surface area (Å²) in [6.07, 6.45) is 4.28. The summed E-state index contributed by atoms with van der Waals surface area (Å²) in [5, 5.41) is 0. The molecule has 1 aromatic carbocycles. The van der Waals surface area contributed by atoms with Crippen LogP contribution in [-0.4, -0.2) is 59.0 Å². The number of nitrogens with zero attached hydrogens (tertiary/aromatic N) is 3. The standard InChI is InChI=1S/C19H22F2N4O2/c1-24-8-5-15-16(23-12-22-15)19(24)6-9-25(10-7-19)17(26)13-3-2-4-14(11-13)27-18(20)21/h2-4,11-12,18H,5-10H2,1H3,(H,22,23). The summed E-state index contributed by atoms with van der Waals surface area (Å²) >= 11 is 0. The quantitative estimate of drug-likeness (QED) is 0.895. The zero-order chi connectivity index (χ0) is 19.0. The Kier molecular flexibility index (Phi) is 4.59. The molecule has 0 bridgehead atoms. The number of aromatic amines is 1. The number of carbonyl (C=O) groups is 1. The van der Waals surface area contributed by atoms with E-state index in [0.29, 0.717) is 18.7 Å². The van der Waals surface area contributed by atoms with Gasteiger partial charge in [-0.15, -0.1) is 0 Å². The average Bonchev–Trinajstić information content (AvgIpc) is 3.15. The van der Waals surface area contributed by atoms with Gasteiger partial charge in [0, 0.05) is 37.3 Å². The third kappa shape index (κ3) is 3.18. The molecule has 1 saturated heterocycles. The second kappa shape index (κ2) is 6.92. The number of H-pyrrole nitrogens is 1. The van der Waals surface area contributed by atoms with E-state index in [1.807, 2.05) is 0 Å². The van der Waals surface area contributed by atoms with Crippen molar-refractivity contribution in [2.24, 2.45) is 0 Å². The molecule has 0 saturated carbocycles. The number of hydrogen-bond donors (Lipinski definition) is 1. The third-order valence-corrected chi connectivity index (χ3v) is 5.77. The molecule has 0 atom stereocenters. The summed E-state index contributed by atoms with van der Waals surface area (Å²) in [7, 11) is 2.11. The third-order valence-electron chi connectivity index (χ3n) is 5.77. The molecular formula is C19H22F2N4O2. The lowest BCUT2D eigenvalue weighted by atomic mass is 9.79. The van der Waals surface area contributed by atoms with Gasteiger partial charge in [-0.2, -0.15) is 8.78 Å². The fourth-order valence-corrected chi connectivity index (χ4v) is 4.27. The number of imidazole rings is 1. The van der Waals surface area contributed by atoms with Gasteiger partial charge in [-0.05, 0) is 38.1 Å². The van der Waals surface area contributed by atoms with Gasteiger partial charge in [0.25, 0.3) is 5.91 Å². The summed E-state index contributed by atoms with van der Waals surface area (Å²) in [6, 6.07) is 5.98. The Hall–Kier alpha value is -2.48. The second-order valence-electron chi connectivity index (χ2n) is 7.13. The molecule has 0 aliphatic carbocycles. The van der Waals surface area contributed by atoms with Crippen molar-refractivity contribution in [1.82, 2.24) is 19.8 Å². The van der Waals surface area contributed by atoms with Crippen LogP contribution in [0.5, 0.6) is 5.75 Å². The van der Waals surface area contributed by atoms with Crippen LogP contribution < -0.4 is 4.74 Å². The van der Waals surface area contributed by atoms with Gasteiger partial charge in [0.05, 0.1) is 17.6 Å². The first-order valence-corrected chi connectivity index (χ1v) is 9.08. The fraction of sp³-hybridized carbons (Fsp3) is 0.474. The molecule has 1 fully saturated rings. The maximum Gasteiger partial charge on any atom is 0.387 e. The van der Waals surface area contributed by atoms with Gasteiger partial charge in [0.1, 0.15) is 5.75 Å². The van der Waals surface area contributed by atoms with E-state index in [1.165, 1.54) is 17.8 Å². The fourth-order valence-electron chi connectivity index (χ4n) is 4.27. The smallest absolute Gasteiger partial charge is 0.387 e. The lowest BCUT2D eigenvalue weighted by Gasteiger charge is -2.49. The number of aromatic nitrogens is 2. The summed E-state index contributed by atoms with van der Waals surface area (Å²) in [5.41, 5.74) is 2.49. The summed E-state index contributed by atoms with van der Waals surface area (Å²) < 4.78 is 29.2. The highest BCUT2D eigenvalue weighted by Gasteiger charge is 2.45. The first-order valence-electron chi connectivity index (χ1n) is 9.08. The minimum atomic E-state index is -2.91. The van der Waals surface area contributed by atoms with E-state index in [0.717, 1.165) is 31.5 Å². The number of carbonyl (C=O) groups excluding carboxylic acids is 1. The number of piperidine rings is 1. The van der Waals surface area contributed by atoms with Crippen molar-refractivity contribution < 1.29 is 18.3 Å².